The highest BCUT2D eigenvalue weighted by molar-refractivity contribution is 7.89. The number of aryl methyl sites for hydroxylation is 2. The van der Waals surface area contributed by atoms with E-state index in [9.17, 15) is 18.5 Å². The molecule has 1 aliphatic rings. The first-order valence-electron chi connectivity index (χ1n) is 7.77. The van der Waals surface area contributed by atoms with Crippen LogP contribution in [0.2, 0.25) is 0 Å². The van der Waals surface area contributed by atoms with Crippen molar-refractivity contribution >= 4 is 28.1 Å². The van der Waals surface area contributed by atoms with E-state index in [4.69, 9.17) is 0 Å². The predicted octanol–water partition coefficient (Wildman–Crippen LogP) is 2.40. The minimum atomic E-state index is -3.91. The number of benzene rings is 1. The van der Waals surface area contributed by atoms with E-state index in [1.54, 1.807) is 13.8 Å². The molecule has 0 aliphatic carbocycles. The zero-order valence-corrected chi connectivity index (χ0v) is 15.7. The number of halogens is 1. The second-order valence-electron chi connectivity index (χ2n) is 5.92. The Bertz CT molecular complexity index is 703. The summed E-state index contributed by atoms with van der Waals surface area (Å²) >= 11 is 0. The van der Waals surface area contributed by atoms with Crippen LogP contribution >= 0.6 is 12.4 Å². The lowest BCUT2D eigenvalue weighted by Gasteiger charge is -2.27. The Kier molecular flexibility index (Phi) is 7.15. The van der Waals surface area contributed by atoms with E-state index >= 15 is 0 Å². The molecule has 1 aromatic carbocycles. The van der Waals surface area contributed by atoms with Crippen molar-refractivity contribution in [3.63, 3.8) is 0 Å². The predicted molar refractivity (Wildman–Crippen MR) is 95.3 cm³/mol. The van der Waals surface area contributed by atoms with Gasteiger partial charge < -0.3 is 5.32 Å². The normalized spacial score (nSPS) is 17.8. The van der Waals surface area contributed by atoms with Crippen LogP contribution in [0.25, 0.3) is 0 Å². The maximum Gasteiger partial charge on any atom is 0.289 e. The van der Waals surface area contributed by atoms with Crippen LogP contribution in [0.4, 0.5) is 5.69 Å². The fraction of sp³-hybridized carbons (Fsp3) is 0.600. The Hall–Kier alpha value is -1.22. The van der Waals surface area contributed by atoms with E-state index < -0.39 is 14.9 Å². The van der Waals surface area contributed by atoms with Gasteiger partial charge in [0.05, 0.1) is 4.92 Å². The van der Waals surface area contributed by atoms with E-state index in [1.165, 1.54) is 16.4 Å². The quantitative estimate of drug-likeness (QED) is 0.607. The Morgan fingerprint density at radius 2 is 1.96 bits per heavy atom. The highest BCUT2D eigenvalue weighted by atomic mass is 35.5. The Morgan fingerprint density at radius 3 is 2.46 bits per heavy atom. The number of hydrogen-bond acceptors (Lipinski definition) is 5. The van der Waals surface area contributed by atoms with Crippen LogP contribution in [0.3, 0.4) is 0 Å². The molecule has 9 heteroatoms. The number of hydrogen-bond donors (Lipinski definition) is 1. The lowest BCUT2D eigenvalue weighted by atomic mass is 10.1. The van der Waals surface area contributed by atoms with Gasteiger partial charge in [-0.05, 0) is 50.4 Å². The number of nitrogens with one attached hydrogen (secondary N) is 1. The zero-order chi connectivity index (χ0) is 17.2. The molecule has 0 spiro atoms. The molecule has 2 rings (SSSR count). The lowest BCUT2D eigenvalue weighted by molar-refractivity contribution is -0.387. The SMILES string of the molecule is CCCN(C1CCNC1)S(=O)(=O)c1cc(C)c(C)cc1[N+](=O)[O-].Cl. The minimum absolute atomic E-state index is 0. The summed E-state index contributed by atoms with van der Waals surface area (Å²) in [6.45, 7) is 7.11. The second-order valence-corrected chi connectivity index (χ2v) is 7.78. The van der Waals surface area contributed by atoms with Crippen LogP contribution in [-0.2, 0) is 10.0 Å². The molecule has 1 heterocycles. The van der Waals surface area contributed by atoms with Gasteiger partial charge in [0, 0.05) is 25.2 Å². The number of sulfonamides is 1. The van der Waals surface area contributed by atoms with Gasteiger partial charge >= 0.3 is 0 Å². The molecule has 0 saturated carbocycles. The first-order valence-corrected chi connectivity index (χ1v) is 9.21. The molecule has 0 aromatic heterocycles. The third kappa shape index (κ3) is 4.05. The molecule has 1 atom stereocenters. The van der Waals surface area contributed by atoms with Gasteiger partial charge in [0.15, 0.2) is 4.90 Å². The van der Waals surface area contributed by atoms with Gasteiger partial charge in [-0.3, -0.25) is 10.1 Å². The van der Waals surface area contributed by atoms with Crippen LogP contribution in [-0.4, -0.2) is 43.3 Å². The van der Waals surface area contributed by atoms with Gasteiger partial charge in [0.25, 0.3) is 5.69 Å². The van der Waals surface area contributed by atoms with Gasteiger partial charge in [-0.25, -0.2) is 8.42 Å². The topological polar surface area (TPSA) is 92.6 Å². The molecule has 1 aromatic rings. The van der Waals surface area contributed by atoms with Crippen molar-refractivity contribution in [1.29, 1.82) is 0 Å². The van der Waals surface area contributed by atoms with Gasteiger partial charge in [-0.2, -0.15) is 4.31 Å². The van der Waals surface area contributed by atoms with Crippen LogP contribution in [0.5, 0.6) is 0 Å². The zero-order valence-electron chi connectivity index (χ0n) is 14.1. The summed E-state index contributed by atoms with van der Waals surface area (Å²) in [4.78, 5) is 10.5. The van der Waals surface area contributed by atoms with Crippen LogP contribution in [0, 0.1) is 24.0 Å². The largest absolute Gasteiger partial charge is 0.315 e. The first kappa shape index (κ1) is 20.8. The standard InChI is InChI=1S/C15H23N3O4S.ClH/c1-4-7-17(13-5-6-16-10-13)23(21,22)15-9-12(3)11(2)8-14(15)18(19)20;/h8-9,13,16H,4-7,10H2,1-3H3;1H. The van der Waals surface area contributed by atoms with Crippen LogP contribution in [0.15, 0.2) is 17.0 Å². The van der Waals surface area contributed by atoms with Gasteiger partial charge in [0.2, 0.25) is 10.0 Å². The molecule has 1 aliphatic heterocycles. The van der Waals surface area contributed by atoms with E-state index in [2.05, 4.69) is 5.32 Å². The van der Waals surface area contributed by atoms with Gasteiger partial charge in [-0.15, -0.1) is 12.4 Å². The van der Waals surface area contributed by atoms with E-state index in [1.807, 2.05) is 6.92 Å². The third-order valence-electron chi connectivity index (χ3n) is 4.24. The summed E-state index contributed by atoms with van der Waals surface area (Å²) in [6.07, 6.45) is 1.38. The summed E-state index contributed by atoms with van der Waals surface area (Å²) in [7, 11) is -3.91. The molecular formula is C15H24ClN3O4S. The fourth-order valence-corrected chi connectivity index (χ4v) is 4.83. The van der Waals surface area contributed by atoms with E-state index in [0.717, 1.165) is 18.5 Å². The fourth-order valence-electron chi connectivity index (χ4n) is 2.85. The van der Waals surface area contributed by atoms with Crippen molar-refractivity contribution in [3.05, 3.63) is 33.4 Å². The summed E-state index contributed by atoms with van der Waals surface area (Å²) in [5.41, 5.74) is 1.09. The van der Waals surface area contributed by atoms with Gasteiger partial charge in [0.1, 0.15) is 0 Å². The average Bonchev–Trinajstić information content (AvgIpc) is 3.00. The number of nitro benzene ring substituents is 1. The number of nitro groups is 1. The van der Waals surface area contributed by atoms with Crippen LogP contribution in [0.1, 0.15) is 30.9 Å². The number of rotatable bonds is 6. The highest BCUT2D eigenvalue weighted by Crippen LogP contribution is 2.31. The molecule has 1 saturated heterocycles. The van der Waals surface area contributed by atoms with Crippen molar-refractivity contribution in [2.75, 3.05) is 19.6 Å². The third-order valence-corrected chi connectivity index (χ3v) is 6.23. The Morgan fingerprint density at radius 1 is 1.33 bits per heavy atom. The minimum Gasteiger partial charge on any atom is -0.315 e. The first-order chi connectivity index (χ1) is 10.8. The summed E-state index contributed by atoms with van der Waals surface area (Å²) in [6, 6.07) is 2.62. The van der Waals surface area contributed by atoms with E-state index in [-0.39, 0.29) is 29.0 Å². The van der Waals surface area contributed by atoms with Crippen LogP contribution < -0.4 is 5.32 Å². The molecule has 0 bridgehead atoms. The van der Waals surface area contributed by atoms with Crippen molar-refractivity contribution in [2.24, 2.45) is 0 Å². The Labute approximate surface area is 149 Å². The second kappa shape index (κ2) is 8.24. The van der Waals surface area contributed by atoms with E-state index in [0.29, 0.717) is 25.1 Å². The lowest BCUT2D eigenvalue weighted by Crippen LogP contribution is -2.42. The molecular weight excluding hydrogens is 354 g/mol. The smallest absolute Gasteiger partial charge is 0.289 e. The summed E-state index contributed by atoms with van der Waals surface area (Å²) < 4.78 is 27.6. The van der Waals surface area contributed by atoms with Crippen molar-refractivity contribution in [1.82, 2.24) is 9.62 Å². The summed E-state index contributed by atoms with van der Waals surface area (Å²) in [5, 5.41) is 14.5. The molecule has 1 fully saturated rings. The molecule has 1 unspecified atom stereocenters. The average molecular weight is 378 g/mol. The highest BCUT2D eigenvalue weighted by Gasteiger charge is 2.37. The van der Waals surface area contributed by atoms with Crippen molar-refractivity contribution in [3.8, 4) is 0 Å². The van der Waals surface area contributed by atoms with Crippen molar-refractivity contribution < 1.29 is 13.3 Å². The molecule has 0 amide bonds. The molecule has 1 N–H and O–H groups in total. The summed E-state index contributed by atoms with van der Waals surface area (Å²) in [5.74, 6) is 0. The maximum atomic E-state index is 13.1. The number of nitrogens with zero attached hydrogens (tertiary/aromatic N) is 2. The van der Waals surface area contributed by atoms with Gasteiger partial charge in [-0.1, -0.05) is 6.92 Å². The van der Waals surface area contributed by atoms with Crippen molar-refractivity contribution in [2.45, 2.75) is 44.6 Å². The Balaban J connectivity index is 0.00000288. The molecule has 24 heavy (non-hydrogen) atoms. The monoisotopic (exact) mass is 377 g/mol. The maximum absolute atomic E-state index is 13.1. The molecule has 0 radical (unpaired) electrons. The molecule has 136 valence electrons. The molecule has 7 nitrogen and oxygen atoms in total.